The van der Waals surface area contributed by atoms with Gasteiger partial charge in [0.05, 0.1) is 18.8 Å². The second-order valence-corrected chi connectivity index (χ2v) is 5.84. The smallest absolute Gasteiger partial charge is 0.186 e. The van der Waals surface area contributed by atoms with Gasteiger partial charge in [0.15, 0.2) is 12.6 Å². The van der Waals surface area contributed by atoms with Crippen LogP contribution in [0.4, 0.5) is 0 Å². The molecule has 0 aliphatic carbocycles. The van der Waals surface area contributed by atoms with Crippen LogP contribution in [0.5, 0.6) is 0 Å². The minimum Gasteiger partial charge on any atom is -0.394 e. The molecule has 2 heterocycles. The molecule has 0 saturated carbocycles. The summed E-state index contributed by atoms with van der Waals surface area (Å²) in [6.45, 7) is 3.18. The fourth-order valence-electron chi connectivity index (χ4n) is 2.93. The van der Waals surface area contributed by atoms with Gasteiger partial charge < -0.3 is 39.4 Å². The van der Waals surface area contributed by atoms with Crippen LogP contribution in [0.15, 0.2) is 0 Å². The Bertz CT molecular complexity index is 350. The minimum absolute atomic E-state index is 0.342. The molecule has 8 heteroatoms. The Hall–Kier alpha value is -0.320. The van der Waals surface area contributed by atoms with Gasteiger partial charge in [0, 0.05) is 13.0 Å². The van der Waals surface area contributed by atoms with Crippen molar-refractivity contribution in [2.75, 3.05) is 13.7 Å². The molecular formula is C14H26O8. The molecule has 2 saturated heterocycles. The van der Waals surface area contributed by atoms with Crippen LogP contribution in [0.1, 0.15) is 20.3 Å². The summed E-state index contributed by atoms with van der Waals surface area (Å²) in [6, 6.07) is 0. The maximum absolute atomic E-state index is 10.2. The Labute approximate surface area is 129 Å². The number of aliphatic hydroxyl groups is 4. The minimum atomic E-state index is -1.08. The fraction of sp³-hybridized carbons (Fsp3) is 1.00. The van der Waals surface area contributed by atoms with Crippen molar-refractivity contribution in [3.8, 4) is 0 Å². The van der Waals surface area contributed by atoms with Crippen molar-refractivity contribution in [3.05, 3.63) is 0 Å². The van der Waals surface area contributed by atoms with Gasteiger partial charge in [-0.1, -0.05) is 13.8 Å². The van der Waals surface area contributed by atoms with Gasteiger partial charge in [-0.15, -0.1) is 0 Å². The van der Waals surface area contributed by atoms with Crippen molar-refractivity contribution in [1.29, 1.82) is 0 Å². The highest BCUT2D eigenvalue weighted by atomic mass is 16.7. The average molecular weight is 322 g/mol. The van der Waals surface area contributed by atoms with Crippen LogP contribution in [0.2, 0.25) is 0 Å². The maximum atomic E-state index is 10.2. The third kappa shape index (κ3) is 3.29. The lowest BCUT2D eigenvalue weighted by Crippen LogP contribution is -2.56. The number of hydrogen-bond donors (Lipinski definition) is 4. The number of ether oxygens (including phenoxy) is 4. The highest BCUT2D eigenvalue weighted by molar-refractivity contribution is 4.91. The molecule has 22 heavy (non-hydrogen) atoms. The summed E-state index contributed by atoms with van der Waals surface area (Å²) >= 11 is 0. The van der Waals surface area contributed by atoms with Crippen molar-refractivity contribution < 1.29 is 39.4 Å². The van der Waals surface area contributed by atoms with Gasteiger partial charge in [0.25, 0.3) is 0 Å². The zero-order valence-electron chi connectivity index (χ0n) is 13.0. The lowest BCUT2D eigenvalue weighted by atomic mass is 9.91. The first-order valence-corrected chi connectivity index (χ1v) is 7.58. The fourth-order valence-corrected chi connectivity index (χ4v) is 2.93. The van der Waals surface area contributed by atoms with Gasteiger partial charge in [-0.3, -0.25) is 0 Å². The average Bonchev–Trinajstić information content (AvgIpc) is 2.83. The van der Waals surface area contributed by atoms with Crippen molar-refractivity contribution in [2.45, 2.75) is 69.5 Å². The molecule has 0 bridgehead atoms. The third-order valence-electron chi connectivity index (χ3n) is 4.40. The molecule has 2 aliphatic heterocycles. The van der Waals surface area contributed by atoms with Crippen LogP contribution < -0.4 is 0 Å². The van der Waals surface area contributed by atoms with E-state index in [1.54, 1.807) is 6.92 Å². The quantitative estimate of drug-likeness (QED) is 0.488. The Morgan fingerprint density at radius 1 is 0.955 bits per heavy atom. The summed E-state index contributed by atoms with van der Waals surface area (Å²) in [5.74, 6) is -0.495. The SMILES string of the molecule is CCC1OC(OC2C(CO)OC(OC)C2O)C(C)C(O)C1O. The van der Waals surface area contributed by atoms with Gasteiger partial charge in [-0.05, 0) is 6.42 Å². The normalized spacial score (nSPS) is 49.5. The monoisotopic (exact) mass is 322 g/mol. The van der Waals surface area contributed by atoms with Crippen molar-refractivity contribution in [2.24, 2.45) is 5.92 Å². The maximum Gasteiger partial charge on any atom is 0.186 e. The van der Waals surface area contributed by atoms with Crippen LogP contribution in [-0.4, -0.2) is 83.3 Å². The second-order valence-electron chi connectivity index (χ2n) is 5.84. The summed E-state index contributed by atoms with van der Waals surface area (Å²) in [5.41, 5.74) is 0. The molecular weight excluding hydrogens is 296 g/mol. The van der Waals surface area contributed by atoms with E-state index in [1.807, 2.05) is 6.92 Å². The Morgan fingerprint density at radius 2 is 1.59 bits per heavy atom. The van der Waals surface area contributed by atoms with E-state index in [0.29, 0.717) is 6.42 Å². The second kappa shape index (κ2) is 7.50. The van der Waals surface area contributed by atoms with E-state index >= 15 is 0 Å². The van der Waals surface area contributed by atoms with Crippen LogP contribution >= 0.6 is 0 Å². The summed E-state index contributed by atoms with van der Waals surface area (Å²) < 4.78 is 21.8. The zero-order chi connectivity index (χ0) is 16.4. The Morgan fingerprint density at radius 3 is 2.14 bits per heavy atom. The van der Waals surface area contributed by atoms with E-state index in [-0.39, 0.29) is 6.61 Å². The molecule has 2 aliphatic rings. The van der Waals surface area contributed by atoms with Gasteiger partial charge in [0.1, 0.15) is 24.4 Å². The highest BCUT2D eigenvalue weighted by Gasteiger charge is 2.49. The number of hydrogen-bond acceptors (Lipinski definition) is 8. The van der Waals surface area contributed by atoms with Crippen molar-refractivity contribution >= 4 is 0 Å². The largest absolute Gasteiger partial charge is 0.394 e. The molecule has 0 radical (unpaired) electrons. The van der Waals surface area contributed by atoms with E-state index in [4.69, 9.17) is 18.9 Å². The molecule has 2 fully saturated rings. The van der Waals surface area contributed by atoms with Crippen molar-refractivity contribution in [3.63, 3.8) is 0 Å². The molecule has 0 spiro atoms. The Balaban J connectivity index is 2.07. The molecule has 8 nitrogen and oxygen atoms in total. The lowest BCUT2D eigenvalue weighted by molar-refractivity contribution is -0.298. The molecule has 0 aromatic heterocycles. The molecule has 9 unspecified atom stereocenters. The summed E-state index contributed by atoms with van der Waals surface area (Å²) in [5, 5.41) is 39.6. The van der Waals surface area contributed by atoms with E-state index < -0.39 is 55.1 Å². The molecule has 0 amide bonds. The first-order chi connectivity index (χ1) is 10.4. The molecule has 4 N–H and O–H groups in total. The lowest BCUT2D eigenvalue weighted by Gasteiger charge is -2.42. The van der Waals surface area contributed by atoms with Crippen molar-refractivity contribution in [1.82, 2.24) is 0 Å². The molecule has 0 aromatic carbocycles. The van der Waals surface area contributed by atoms with Crippen LogP contribution in [0, 0.1) is 5.92 Å². The molecule has 130 valence electrons. The van der Waals surface area contributed by atoms with Gasteiger partial charge in [0.2, 0.25) is 0 Å². The van der Waals surface area contributed by atoms with Gasteiger partial charge in [-0.25, -0.2) is 0 Å². The number of aliphatic hydroxyl groups excluding tert-OH is 4. The predicted molar refractivity (Wildman–Crippen MR) is 73.8 cm³/mol. The van der Waals surface area contributed by atoms with Crippen LogP contribution in [0.3, 0.4) is 0 Å². The van der Waals surface area contributed by atoms with Gasteiger partial charge in [-0.2, -0.15) is 0 Å². The standard InChI is InChI=1S/C14H26O8/c1-4-7-10(17)9(16)6(2)13(20-7)22-12-8(5-15)21-14(19-3)11(12)18/h6-18H,4-5H2,1-3H3. The van der Waals surface area contributed by atoms with E-state index in [9.17, 15) is 20.4 Å². The highest BCUT2D eigenvalue weighted by Crippen LogP contribution is 2.32. The number of methoxy groups -OCH3 is 1. The molecule has 9 atom stereocenters. The van der Waals surface area contributed by atoms with E-state index in [0.717, 1.165) is 0 Å². The number of rotatable bonds is 5. The Kier molecular flexibility index (Phi) is 6.14. The zero-order valence-corrected chi connectivity index (χ0v) is 13.0. The molecule has 0 aromatic rings. The molecule has 2 rings (SSSR count). The van der Waals surface area contributed by atoms with E-state index in [2.05, 4.69) is 0 Å². The predicted octanol–water partition coefficient (Wildman–Crippen LogP) is -1.41. The topological polar surface area (TPSA) is 118 Å². The van der Waals surface area contributed by atoms with Gasteiger partial charge >= 0.3 is 0 Å². The van der Waals surface area contributed by atoms with Crippen LogP contribution in [-0.2, 0) is 18.9 Å². The first kappa shape index (κ1) is 18.0. The summed E-state index contributed by atoms with van der Waals surface area (Å²) in [7, 11) is 1.39. The van der Waals surface area contributed by atoms with Crippen LogP contribution in [0.25, 0.3) is 0 Å². The first-order valence-electron chi connectivity index (χ1n) is 7.58. The summed E-state index contributed by atoms with van der Waals surface area (Å²) in [6.07, 6.45) is -6.40. The van der Waals surface area contributed by atoms with E-state index in [1.165, 1.54) is 7.11 Å². The summed E-state index contributed by atoms with van der Waals surface area (Å²) in [4.78, 5) is 0. The third-order valence-corrected chi connectivity index (χ3v) is 4.40.